The topological polar surface area (TPSA) is 121 Å². The van der Waals surface area contributed by atoms with E-state index in [0.717, 1.165) is 5.69 Å². The largest absolute Gasteiger partial charge is 0.463 e. The van der Waals surface area contributed by atoms with E-state index in [1.54, 1.807) is 36.4 Å². The number of nitrogens with zero attached hydrogens (tertiary/aromatic N) is 6. The Hall–Kier alpha value is -4.08. The van der Waals surface area contributed by atoms with Crippen LogP contribution in [0, 0.1) is 0 Å². The van der Waals surface area contributed by atoms with Gasteiger partial charge in [-0.05, 0) is 46.8 Å². The highest BCUT2D eigenvalue weighted by Crippen LogP contribution is 2.15. The van der Waals surface area contributed by atoms with Crippen molar-refractivity contribution < 1.29 is 9.21 Å². The number of hydrogen-bond donors (Lipinski definition) is 1. The van der Waals surface area contributed by atoms with E-state index in [1.807, 2.05) is 0 Å². The van der Waals surface area contributed by atoms with E-state index in [1.165, 1.54) is 34.2 Å². The smallest absolute Gasteiger partial charge is 0.254 e. The molecule has 134 valence electrons. The first-order valence-corrected chi connectivity index (χ1v) is 7.93. The zero-order valence-electron chi connectivity index (χ0n) is 13.9. The molecule has 0 unspecified atom stereocenters. The lowest BCUT2D eigenvalue weighted by atomic mass is 10.3. The number of hydrogen-bond acceptors (Lipinski definition) is 7. The fourth-order valence-corrected chi connectivity index (χ4v) is 2.44. The SMILES string of the molecule is O=C(Cn1cnc(-c2ccco2)cc1=O)Nc1ccc(-n2cnnn2)cc1. The van der Waals surface area contributed by atoms with Gasteiger partial charge in [-0.15, -0.1) is 5.10 Å². The maximum absolute atomic E-state index is 12.2. The normalized spacial score (nSPS) is 10.7. The Bertz CT molecular complexity index is 1100. The quantitative estimate of drug-likeness (QED) is 0.564. The van der Waals surface area contributed by atoms with Crippen LogP contribution >= 0.6 is 0 Å². The molecule has 0 atom stereocenters. The summed E-state index contributed by atoms with van der Waals surface area (Å²) in [7, 11) is 0. The highest BCUT2D eigenvalue weighted by molar-refractivity contribution is 5.90. The van der Waals surface area contributed by atoms with Crippen LogP contribution in [-0.4, -0.2) is 35.7 Å². The molecule has 1 N–H and O–H groups in total. The van der Waals surface area contributed by atoms with Crippen LogP contribution in [-0.2, 0) is 11.3 Å². The van der Waals surface area contributed by atoms with Gasteiger partial charge in [0.05, 0.1) is 18.3 Å². The number of carbonyl (C=O) groups is 1. The van der Waals surface area contributed by atoms with E-state index in [2.05, 4.69) is 25.8 Å². The van der Waals surface area contributed by atoms with Crippen molar-refractivity contribution in [3.8, 4) is 17.1 Å². The fourth-order valence-electron chi connectivity index (χ4n) is 2.44. The van der Waals surface area contributed by atoms with Gasteiger partial charge in [0.1, 0.15) is 18.6 Å². The summed E-state index contributed by atoms with van der Waals surface area (Å²) in [6.45, 7) is -0.154. The molecule has 4 aromatic rings. The molecule has 3 aromatic heterocycles. The molecule has 10 heteroatoms. The minimum absolute atomic E-state index is 0.154. The lowest BCUT2D eigenvalue weighted by Gasteiger charge is -2.08. The average molecular weight is 363 g/mol. The molecule has 0 aliphatic carbocycles. The molecule has 0 aliphatic rings. The first-order valence-electron chi connectivity index (χ1n) is 7.93. The van der Waals surface area contributed by atoms with E-state index >= 15 is 0 Å². The molecule has 1 amide bonds. The van der Waals surface area contributed by atoms with Crippen molar-refractivity contribution in [1.29, 1.82) is 0 Å². The summed E-state index contributed by atoms with van der Waals surface area (Å²) in [5.74, 6) is 0.145. The molecule has 0 saturated carbocycles. The van der Waals surface area contributed by atoms with Gasteiger partial charge >= 0.3 is 0 Å². The molecule has 1 aromatic carbocycles. The molecule has 4 rings (SSSR count). The third kappa shape index (κ3) is 3.63. The number of furan rings is 1. The predicted octanol–water partition coefficient (Wildman–Crippen LogP) is 1.12. The summed E-state index contributed by atoms with van der Waals surface area (Å²) >= 11 is 0. The highest BCUT2D eigenvalue weighted by atomic mass is 16.3. The molecule has 0 bridgehead atoms. The number of anilines is 1. The molecule has 0 spiro atoms. The summed E-state index contributed by atoms with van der Waals surface area (Å²) in [6, 6.07) is 11.7. The van der Waals surface area contributed by atoms with Crippen molar-refractivity contribution in [2.24, 2.45) is 0 Å². The Balaban J connectivity index is 1.43. The van der Waals surface area contributed by atoms with E-state index in [-0.39, 0.29) is 18.0 Å². The zero-order chi connectivity index (χ0) is 18.6. The summed E-state index contributed by atoms with van der Waals surface area (Å²) in [6.07, 6.45) is 4.29. The zero-order valence-corrected chi connectivity index (χ0v) is 13.9. The fraction of sp³-hybridized carbons (Fsp3) is 0.0588. The Morgan fingerprint density at radius 2 is 2.00 bits per heavy atom. The first-order chi connectivity index (χ1) is 13.2. The van der Waals surface area contributed by atoms with Crippen LogP contribution in [0.5, 0.6) is 0 Å². The molecule has 0 radical (unpaired) electrons. The third-order valence-corrected chi connectivity index (χ3v) is 3.73. The second-order valence-electron chi connectivity index (χ2n) is 5.57. The van der Waals surface area contributed by atoms with Gasteiger partial charge in [-0.25, -0.2) is 9.67 Å². The van der Waals surface area contributed by atoms with Crippen LogP contribution in [0.4, 0.5) is 5.69 Å². The van der Waals surface area contributed by atoms with E-state index < -0.39 is 0 Å². The van der Waals surface area contributed by atoms with Gasteiger partial charge in [-0.2, -0.15) is 0 Å². The molecular weight excluding hydrogens is 350 g/mol. The molecule has 27 heavy (non-hydrogen) atoms. The van der Waals surface area contributed by atoms with Gasteiger partial charge < -0.3 is 9.73 Å². The number of nitrogens with one attached hydrogen (secondary N) is 1. The Morgan fingerprint density at radius 3 is 2.67 bits per heavy atom. The van der Waals surface area contributed by atoms with E-state index in [9.17, 15) is 9.59 Å². The van der Waals surface area contributed by atoms with Gasteiger partial charge in [-0.3, -0.25) is 14.2 Å². The molecule has 0 aliphatic heterocycles. The van der Waals surface area contributed by atoms with Crippen molar-refractivity contribution >= 4 is 11.6 Å². The number of tetrazole rings is 1. The number of carbonyl (C=O) groups excluding carboxylic acids is 1. The van der Waals surface area contributed by atoms with Gasteiger partial charge in [0.25, 0.3) is 5.56 Å². The summed E-state index contributed by atoms with van der Waals surface area (Å²) < 4.78 is 7.92. The molecule has 0 saturated heterocycles. The van der Waals surface area contributed by atoms with Crippen LogP contribution in [0.3, 0.4) is 0 Å². The number of amides is 1. The lowest BCUT2D eigenvalue weighted by molar-refractivity contribution is -0.116. The Labute approximate surface area is 152 Å². The van der Waals surface area contributed by atoms with Gasteiger partial charge in [0.2, 0.25) is 5.91 Å². The van der Waals surface area contributed by atoms with Crippen molar-refractivity contribution in [3.05, 3.63) is 71.7 Å². The Morgan fingerprint density at radius 1 is 1.15 bits per heavy atom. The van der Waals surface area contributed by atoms with Gasteiger partial charge in [0.15, 0.2) is 5.76 Å². The minimum Gasteiger partial charge on any atom is -0.463 e. The average Bonchev–Trinajstić information content (AvgIpc) is 3.38. The molecule has 10 nitrogen and oxygen atoms in total. The van der Waals surface area contributed by atoms with E-state index in [4.69, 9.17) is 4.42 Å². The first kappa shape index (κ1) is 16.4. The van der Waals surface area contributed by atoms with Crippen LogP contribution in [0.25, 0.3) is 17.1 Å². The van der Waals surface area contributed by atoms with Crippen molar-refractivity contribution in [2.75, 3.05) is 5.32 Å². The molecule has 3 heterocycles. The molecule has 0 fully saturated rings. The van der Waals surface area contributed by atoms with E-state index in [0.29, 0.717) is 17.1 Å². The number of benzene rings is 1. The lowest BCUT2D eigenvalue weighted by Crippen LogP contribution is -2.27. The number of rotatable bonds is 5. The summed E-state index contributed by atoms with van der Waals surface area (Å²) in [5, 5.41) is 13.6. The van der Waals surface area contributed by atoms with Crippen molar-refractivity contribution in [3.63, 3.8) is 0 Å². The maximum atomic E-state index is 12.2. The monoisotopic (exact) mass is 363 g/mol. The van der Waals surface area contributed by atoms with Gasteiger partial charge in [-0.1, -0.05) is 0 Å². The summed E-state index contributed by atoms with van der Waals surface area (Å²) in [4.78, 5) is 28.5. The van der Waals surface area contributed by atoms with Crippen LogP contribution in [0.15, 0.2) is 70.6 Å². The summed E-state index contributed by atoms with van der Waals surface area (Å²) in [5.41, 5.74) is 1.41. The molecular formula is C17H13N7O3. The van der Waals surface area contributed by atoms with Crippen molar-refractivity contribution in [2.45, 2.75) is 6.54 Å². The van der Waals surface area contributed by atoms with Crippen LogP contribution in [0.1, 0.15) is 0 Å². The number of aromatic nitrogens is 6. The third-order valence-electron chi connectivity index (χ3n) is 3.73. The second-order valence-corrected chi connectivity index (χ2v) is 5.57. The highest BCUT2D eigenvalue weighted by Gasteiger charge is 2.09. The van der Waals surface area contributed by atoms with Crippen molar-refractivity contribution in [1.82, 2.24) is 29.8 Å². The van der Waals surface area contributed by atoms with Crippen LogP contribution in [0.2, 0.25) is 0 Å². The standard InChI is InChI=1S/C17H13N7O3/c25-16(20-12-3-5-13(6-4-12)24-11-19-21-22-24)9-23-10-18-14(8-17(23)26)15-2-1-7-27-15/h1-8,10-11H,9H2,(H,20,25). The maximum Gasteiger partial charge on any atom is 0.254 e. The second kappa shape index (κ2) is 7.04. The Kier molecular flexibility index (Phi) is 4.27. The minimum atomic E-state index is -0.347. The predicted molar refractivity (Wildman–Crippen MR) is 94.0 cm³/mol. The van der Waals surface area contributed by atoms with Crippen LogP contribution < -0.4 is 10.9 Å². The van der Waals surface area contributed by atoms with Gasteiger partial charge in [0, 0.05) is 11.8 Å².